The largest absolute Gasteiger partial charge is 0.496 e. The number of hydrogen-bond acceptors (Lipinski definition) is 7. The normalized spacial score (nSPS) is 10.4. The zero-order chi connectivity index (χ0) is 18.2. The fourth-order valence-electron chi connectivity index (χ4n) is 2.49. The van der Waals surface area contributed by atoms with Gasteiger partial charge in [-0.15, -0.1) is 0 Å². The van der Waals surface area contributed by atoms with E-state index in [1.807, 2.05) is 42.5 Å². The molecule has 0 aliphatic carbocycles. The van der Waals surface area contributed by atoms with Gasteiger partial charge in [-0.1, -0.05) is 18.2 Å². The molecule has 0 atom stereocenters. The van der Waals surface area contributed by atoms with E-state index < -0.39 is 0 Å². The summed E-state index contributed by atoms with van der Waals surface area (Å²) in [6.45, 7) is 0.953. The molecule has 0 bridgehead atoms. The van der Waals surface area contributed by atoms with Gasteiger partial charge in [-0.2, -0.15) is 4.98 Å². The number of aliphatic hydroxyl groups excluding tert-OH is 1. The van der Waals surface area contributed by atoms with E-state index in [-0.39, 0.29) is 6.61 Å². The molecule has 134 valence electrons. The lowest BCUT2D eigenvalue weighted by molar-refractivity contribution is 0.311. The second-order valence-corrected chi connectivity index (χ2v) is 5.51. The highest BCUT2D eigenvalue weighted by atomic mass is 16.5. The first-order chi connectivity index (χ1) is 12.8. The monoisotopic (exact) mass is 351 g/mol. The molecule has 0 aliphatic heterocycles. The average molecular weight is 351 g/mol. The summed E-state index contributed by atoms with van der Waals surface area (Å²) in [4.78, 5) is 13.0. The van der Waals surface area contributed by atoms with Crippen LogP contribution in [0, 0.1) is 0 Å². The molecule has 3 rings (SSSR count). The Morgan fingerprint density at radius 3 is 2.62 bits per heavy atom. The van der Waals surface area contributed by atoms with E-state index in [0.29, 0.717) is 24.9 Å². The summed E-state index contributed by atoms with van der Waals surface area (Å²) in [5.41, 5.74) is 2.74. The molecule has 0 radical (unpaired) electrons. The summed E-state index contributed by atoms with van der Waals surface area (Å²) in [5.74, 6) is 1.95. The molecular formula is C19H21N5O2. The van der Waals surface area contributed by atoms with Crippen LogP contribution >= 0.6 is 0 Å². The lowest BCUT2D eigenvalue weighted by atomic mass is 10.2. The molecule has 0 amide bonds. The number of ether oxygens (including phenoxy) is 1. The summed E-state index contributed by atoms with van der Waals surface area (Å²) in [5, 5.41) is 15.4. The number of anilines is 2. The molecule has 3 aromatic rings. The van der Waals surface area contributed by atoms with Crippen molar-refractivity contribution in [2.45, 2.75) is 6.54 Å². The van der Waals surface area contributed by atoms with Crippen molar-refractivity contribution in [3.05, 3.63) is 60.4 Å². The van der Waals surface area contributed by atoms with Crippen LogP contribution in [0.25, 0.3) is 11.3 Å². The van der Waals surface area contributed by atoms with Gasteiger partial charge in [-0.25, -0.2) is 4.98 Å². The number of pyridine rings is 1. The van der Waals surface area contributed by atoms with Crippen LogP contribution in [0.2, 0.25) is 0 Å². The Hall–Kier alpha value is -3.19. The lowest BCUT2D eigenvalue weighted by Crippen LogP contribution is -2.11. The number of aromatic nitrogens is 3. The highest BCUT2D eigenvalue weighted by Crippen LogP contribution is 2.23. The van der Waals surface area contributed by atoms with Gasteiger partial charge in [0, 0.05) is 42.7 Å². The van der Waals surface area contributed by atoms with E-state index in [0.717, 1.165) is 22.6 Å². The van der Waals surface area contributed by atoms with Crippen molar-refractivity contribution >= 4 is 11.8 Å². The van der Waals surface area contributed by atoms with Crippen molar-refractivity contribution in [1.29, 1.82) is 0 Å². The summed E-state index contributed by atoms with van der Waals surface area (Å²) in [6, 6.07) is 13.5. The number of benzene rings is 1. The lowest BCUT2D eigenvalue weighted by Gasteiger charge is -2.12. The average Bonchev–Trinajstić information content (AvgIpc) is 2.71. The Morgan fingerprint density at radius 2 is 1.85 bits per heavy atom. The number of rotatable bonds is 8. The van der Waals surface area contributed by atoms with Crippen molar-refractivity contribution in [3.8, 4) is 17.0 Å². The Kier molecular flexibility index (Phi) is 5.95. The predicted molar refractivity (Wildman–Crippen MR) is 101 cm³/mol. The molecule has 0 fully saturated rings. The van der Waals surface area contributed by atoms with Crippen molar-refractivity contribution in [1.82, 2.24) is 15.0 Å². The fraction of sp³-hybridized carbons (Fsp3) is 0.211. The van der Waals surface area contributed by atoms with Crippen LogP contribution in [0.5, 0.6) is 5.75 Å². The van der Waals surface area contributed by atoms with Crippen LogP contribution in [0.4, 0.5) is 11.8 Å². The van der Waals surface area contributed by atoms with Crippen LogP contribution in [0.3, 0.4) is 0 Å². The molecular weight excluding hydrogens is 330 g/mol. The Bertz CT molecular complexity index is 842. The molecule has 2 heterocycles. The molecule has 0 saturated carbocycles. The van der Waals surface area contributed by atoms with E-state index in [4.69, 9.17) is 9.84 Å². The maximum Gasteiger partial charge on any atom is 0.225 e. The standard InChI is InChI=1S/C19H21N5O2/c1-26-17-5-3-2-4-15(17)13-22-18-12-16(14-6-8-20-9-7-14)23-19(24-18)21-10-11-25/h2-9,12,25H,10-11,13H2,1H3,(H2,21,22,23,24). The Morgan fingerprint density at radius 1 is 1.04 bits per heavy atom. The molecule has 2 aromatic heterocycles. The molecule has 0 saturated heterocycles. The fourth-order valence-corrected chi connectivity index (χ4v) is 2.49. The van der Waals surface area contributed by atoms with E-state index in [1.165, 1.54) is 0 Å². The van der Waals surface area contributed by atoms with Gasteiger partial charge in [0.15, 0.2) is 0 Å². The molecule has 0 unspecified atom stereocenters. The van der Waals surface area contributed by atoms with Gasteiger partial charge < -0.3 is 20.5 Å². The van der Waals surface area contributed by atoms with Gasteiger partial charge >= 0.3 is 0 Å². The van der Waals surface area contributed by atoms with E-state index in [9.17, 15) is 0 Å². The molecule has 7 nitrogen and oxygen atoms in total. The third-order valence-corrected chi connectivity index (χ3v) is 3.75. The highest BCUT2D eigenvalue weighted by Gasteiger charge is 2.08. The van der Waals surface area contributed by atoms with Crippen LogP contribution in [-0.4, -0.2) is 40.3 Å². The first kappa shape index (κ1) is 17.6. The van der Waals surface area contributed by atoms with Crippen LogP contribution in [0.15, 0.2) is 54.9 Å². The summed E-state index contributed by atoms with van der Waals surface area (Å²) in [6.07, 6.45) is 3.44. The first-order valence-corrected chi connectivity index (χ1v) is 8.30. The second kappa shape index (κ2) is 8.77. The SMILES string of the molecule is COc1ccccc1CNc1cc(-c2ccncc2)nc(NCCO)n1. The van der Waals surface area contributed by atoms with Gasteiger partial charge in [0.2, 0.25) is 5.95 Å². The van der Waals surface area contributed by atoms with Gasteiger partial charge in [-0.05, 0) is 18.2 Å². The number of hydrogen-bond donors (Lipinski definition) is 3. The zero-order valence-corrected chi connectivity index (χ0v) is 14.5. The number of aliphatic hydroxyl groups is 1. The van der Waals surface area contributed by atoms with E-state index in [1.54, 1.807) is 19.5 Å². The Balaban J connectivity index is 1.85. The molecule has 3 N–H and O–H groups in total. The minimum absolute atomic E-state index is 0.00677. The number of nitrogens with zero attached hydrogens (tertiary/aromatic N) is 3. The minimum Gasteiger partial charge on any atom is -0.496 e. The van der Waals surface area contributed by atoms with Gasteiger partial charge in [0.05, 0.1) is 19.4 Å². The number of methoxy groups -OCH3 is 1. The van der Waals surface area contributed by atoms with Crippen molar-refractivity contribution in [2.24, 2.45) is 0 Å². The van der Waals surface area contributed by atoms with Gasteiger partial charge in [-0.3, -0.25) is 4.98 Å². The van der Waals surface area contributed by atoms with Crippen LogP contribution in [-0.2, 0) is 6.54 Å². The van der Waals surface area contributed by atoms with Gasteiger partial charge in [0.1, 0.15) is 11.6 Å². The minimum atomic E-state index is 0.00677. The van der Waals surface area contributed by atoms with Crippen LogP contribution in [0.1, 0.15) is 5.56 Å². The van der Waals surface area contributed by atoms with Crippen LogP contribution < -0.4 is 15.4 Å². The van der Waals surface area contributed by atoms with E-state index in [2.05, 4.69) is 25.6 Å². The smallest absolute Gasteiger partial charge is 0.225 e. The molecule has 26 heavy (non-hydrogen) atoms. The van der Waals surface area contributed by atoms with E-state index >= 15 is 0 Å². The Labute approximate surface area is 152 Å². The zero-order valence-electron chi connectivity index (χ0n) is 14.5. The molecule has 7 heteroatoms. The summed E-state index contributed by atoms with van der Waals surface area (Å²) in [7, 11) is 1.65. The maximum atomic E-state index is 9.04. The third-order valence-electron chi connectivity index (χ3n) is 3.75. The number of para-hydroxylation sites is 1. The number of nitrogens with one attached hydrogen (secondary N) is 2. The highest BCUT2D eigenvalue weighted by molar-refractivity contribution is 5.64. The maximum absolute atomic E-state index is 9.04. The summed E-state index contributed by atoms with van der Waals surface area (Å²) < 4.78 is 5.38. The van der Waals surface area contributed by atoms with Crippen molar-refractivity contribution < 1.29 is 9.84 Å². The predicted octanol–water partition coefficient (Wildman–Crippen LogP) is 2.56. The quantitative estimate of drug-likeness (QED) is 0.574. The first-order valence-electron chi connectivity index (χ1n) is 8.30. The van der Waals surface area contributed by atoms with Crippen molar-refractivity contribution in [3.63, 3.8) is 0 Å². The van der Waals surface area contributed by atoms with Crippen molar-refractivity contribution in [2.75, 3.05) is 30.9 Å². The molecule has 0 aliphatic rings. The summed E-state index contributed by atoms with van der Waals surface area (Å²) >= 11 is 0. The molecule has 1 aromatic carbocycles. The van der Waals surface area contributed by atoms with Gasteiger partial charge in [0.25, 0.3) is 0 Å². The second-order valence-electron chi connectivity index (χ2n) is 5.51. The topological polar surface area (TPSA) is 92.2 Å². The molecule has 0 spiro atoms. The third kappa shape index (κ3) is 4.46.